The molecule has 6 nitrogen and oxygen atoms in total. The highest BCUT2D eigenvalue weighted by atomic mass is 35.5. The molecule has 2 aromatic carbocycles. The molecule has 0 saturated heterocycles. The van der Waals surface area contributed by atoms with E-state index in [4.69, 9.17) is 25.8 Å². The zero-order valence-corrected chi connectivity index (χ0v) is 15.7. The lowest BCUT2D eigenvalue weighted by molar-refractivity contribution is 0.174. The van der Waals surface area contributed by atoms with Crippen LogP contribution >= 0.6 is 11.6 Å². The highest BCUT2D eigenvalue weighted by molar-refractivity contribution is 6.32. The van der Waals surface area contributed by atoms with Crippen molar-refractivity contribution < 1.29 is 19.0 Å². The molecular formula is C19H21ClN2O4. The van der Waals surface area contributed by atoms with Crippen LogP contribution in [-0.2, 0) is 6.61 Å². The minimum Gasteiger partial charge on any atom is -0.489 e. The second-order valence-corrected chi connectivity index (χ2v) is 6.66. The first-order valence-corrected chi connectivity index (χ1v) is 8.67. The van der Waals surface area contributed by atoms with Gasteiger partial charge in [0, 0.05) is 18.8 Å². The van der Waals surface area contributed by atoms with Crippen molar-refractivity contribution >= 4 is 23.3 Å². The summed E-state index contributed by atoms with van der Waals surface area (Å²) < 4.78 is 16.4. The largest absolute Gasteiger partial charge is 0.489 e. The summed E-state index contributed by atoms with van der Waals surface area (Å²) >= 11 is 6.17. The highest BCUT2D eigenvalue weighted by Gasteiger charge is 2.18. The Kier molecular flexibility index (Phi) is 5.42. The molecule has 0 aromatic heterocycles. The van der Waals surface area contributed by atoms with E-state index in [2.05, 4.69) is 5.32 Å². The molecule has 1 aliphatic rings. The normalized spacial score (nSPS) is 12.2. The number of rotatable bonds is 5. The van der Waals surface area contributed by atoms with Gasteiger partial charge in [-0.2, -0.15) is 0 Å². The Morgan fingerprint density at radius 3 is 2.69 bits per heavy atom. The maximum atomic E-state index is 12.0. The standard InChI is InChI=1S/C19H21ClN2O4/c1-12(2)21-19(23)22(3)14-4-6-15(7-5-14)24-10-13-8-16(20)18-17(9-13)25-11-26-18/h4-9,12H,10-11H2,1-3H3,(H,21,23). The Morgan fingerprint density at radius 1 is 1.27 bits per heavy atom. The van der Waals surface area contributed by atoms with Crippen LogP contribution < -0.4 is 24.4 Å². The molecule has 7 heteroatoms. The highest BCUT2D eigenvalue weighted by Crippen LogP contribution is 2.40. The van der Waals surface area contributed by atoms with Crippen LogP contribution in [-0.4, -0.2) is 25.9 Å². The van der Waals surface area contributed by atoms with E-state index in [-0.39, 0.29) is 18.9 Å². The van der Waals surface area contributed by atoms with Gasteiger partial charge in [-0.25, -0.2) is 4.79 Å². The number of ether oxygens (including phenoxy) is 3. The Morgan fingerprint density at radius 2 is 2.00 bits per heavy atom. The van der Waals surface area contributed by atoms with Crippen molar-refractivity contribution in [1.82, 2.24) is 5.32 Å². The maximum absolute atomic E-state index is 12.0. The van der Waals surface area contributed by atoms with E-state index in [1.54, 1.807) is 18.0 Å². The van der Waals surface area contributed by atoms with Crippen molar-refractivity contribution in [1.29, 1.82) is 0 Å². The second-order valence-electron chi connectivity index (χ2n) is 6.26. The third kappa shape index (κ3) is 4.14. The lowest BCUT2D eigenvalue weighted by atomic mass is 10.2. The summed E-state index contributed by atoms with van der Waals surface area (Å²) in [7, 11) is 1.72. The van der Waals surface area contributed by atoms with Gasteiger partial charge >= 0.3 is 6.03 Å². The molecule has 0 fully saturated rings. The van der Waals surface area contributed by atoms with Crippen molar-refractivity contribution in [2.75, 3.05) is 18.7 Å². The summed E-state index contributed by atoms with van der Waals surface area (Å²) in [6, 6.07) is 10.9. The molecule has 3 rings (SSSR count). The van der Waals surface area contributed by atoms with Crippen molar-refractivity contribution in [2.45, 2.75) is 26.5 Å². The van der Waals surface area contributed by atoms with Crippen LogP contribution in [0.1, 0.15) is 19.4 Å². The average molecular weight is 377 g/mol. The van der Waals surface area contributed by atoms with E-state index in [9.17, 15) is 4.79 Å². The van der Waals surface area contributed by atoms with Crippen molar-refractivity contribution in [2.24, 2.45) is 0 Å². The number of fused-ring (bicyclic) bond motifs is 1. The van der Waals surface area contributed by atoms with Gasteiger partial charge in [0.15, 0.2) is 11.5 Å². The fourth-order valence-electron chi connectivity index (χ4n) is 2.50. The molecule has 138 valence electrons. The van der Waals surface area contributed by atoms with Gasteiger partial charge in [-0.3, -0.25) is 4.90 Å². The first-order valence-electron chi connectivity index (χ1n) is 8.29. The van der Waals surface area contributed by atoms with Crippen molar-refractivity contribution in [3.05, 3.63) is 47.0 Å². The van der Waals surface area contributed by atoms with Crippen LogP contribution in [0.5, 0.6) is 17.2 Å². The van der Waals surface area contributed by atoms with Gasteiger partial charge < -0.3 is 19.5 Å². The van der Waals surface area contributed by atoms with E-state index in [0.29, 0.717) is 28.9 Å². The molecule has 2 aromatic rings. The van der Waals surface area contributed by atoms with Gasteiger partial charge in [0.25, 0.3) is 0 Å². The summed E-state index contributed by atoms with van der Waals surface area (Å²) in [6.45, 7) is 4.37. The van der Waals surface area contributed by atoms with E-state index < -0.39 is 0 Å². The Bertz CT molecular complexity index is 793. The van der Waals surface area contributed by atoms with Gasteiger partial charge in [0.05, 0.1) is 5.02 Å². The number of urea groups is 1. The minimum absolute atomic E-state index is 0.0843. The first kappa shape index (κ1) is 18.2. The molecule has 0 radical (unpaired) electrons. The van der Waals surface area contributed by atoms with Crippen LogP contribution in [0.2, 0.25) is 5.02 Å². The zero-order chi connectivity index (χ0) is 18.7. The van der Waals surface area contributed by atoms with Crippen molar-refractivity contribution in [3.63, 3.8) is 0 Å². The average Bonchev–Trinajstić information content (AvgIpc) is 3.08. The molecule has 1 heterocycles. The zero-order valence-electron chi connectivity index (χ0n) is 14.9. The quantitative estimate of drug-likeness (QED) is 0.849. The van der Waals surface area contributed by atoms with E-state index >= 15 is 0 Å². The fraction of sp³-hybridized carbons (Fsp3) is 0.316. The SMILES string of the molecule is CC(C)NC(=O)N(C)c1ccc(OCc2cc(Cl)c3c(c2)OCO3)cc1. The summed E-state index contributed by atoms with van der Waals surface area (Å²) in [5, 5.41) is 3.36. The van der Waals surface area contributed by atoms with Crippen LogP contribution in [0.15, 0.2) is 36.4 Å². The van der Waals surface area contributed by atoms with E-state index in [1.807, 2.05) is 44.2 Å². The number of hydrogen-bond donors (Lipinski definition) is 1. The Labute approximate surface area is 157 Å². The number of anilines is 1. The van der Waals surface area contributed by atoms with Crippen molar-refractivity contribution in [3.8, 4) is 17.2 Å². The number of nitrogens with zero attached hydrogens (tertiary/aromatic N) is 1. The molecule has 0 atom stereocenters. The lowest BCUT2D eigenvalue weighted by Crippen LogP contribution is -2.40. The summed E-state index contributed by atoms with van der Waals surface area (Å²) in [6.07, 6.45) is 0. The number of benzene rings is 2. The van der Waals surface area contributed by atoms with Gasteiger partial charge in [-0.1, -0.05) is 11.6 Å². The molecule has 0 spiro atoms. The molecular weight excluding hydrogens is 356 g/mol. The Balaban J connectivity index is 1.61. The van der Waals surface area contributed by atoms with Gasteiger partial charge in [-0.05, 0) is 55.8 Å². The molecule has 0 aliphatic carbocycles. The lowest BCUT2D eigenvalue weighted by Gasteiger charge is -2.20. The number of amides is 2. The second kappa shape index (κ2) is 7.74. The summed E-state index contributed by atoms with van der Waals surface area (Å²) in [5.74, 6) is 1.90. The topological polar surface area (TPSA) is 60.0 Å². The molecule has 0 bridgehead atoms. The minimum atomic E-state index is -0.149. The number of nitrogens with one attached hydrogen (secondary N) is 1. The van der Waals surface area contributed by atoms with Gasteiger partial charge in [-0.15, -0.1) is 0 Å². The van der Waals surface area contributed by atoms with Gasteiger partial charge in [0.1, 0.15) is 12.4 Å². The number of hydrogen-bond acceptors (Lipinski definition) is 4. The molecule has 2 amide bonds. The maximum Gasteiger partial charge on any atom is 0.321 e. The summed E-state index contributed by atoms with van der Waals surface area (Å²) in [4.78, 5) is 13.6. The number of carbonyl (C=O) groups is 1. The van der Waals surface area contributed by atoms with E-state index in [1.165, 1.54) is 0 Å². The molecule has 1 aliphatic heterocycles. The van der Waals surface area contributed by atoms with Crippen LogP contribution in [0.4, 0.5) is 10.5 Å². The summed E-state index contributed by atoms with van der Waals surface area (Å²) in [5.41, 5.74) is 1.67. The van der Waals surface area contributed by atoms with Gasteiger partial charge in [0.2, 0.25) is 6.79 Å². The monoisotopic (exact) mass is 376 g/mol. The number of carbonyl (C=O) groups excluding carboxylic acids is 1. The number of halogens is 1. The first-order chi connectivity index (χ1) is 12.4. The molecule has 0 saturated carbocycles. The third-order valence-electron chi connectivity index (χ3n) is 3.83. The van der Waals surface area contributed by atoms with Crippen LogP contribution in [0.3, 0.4) is 0 Å². The smallest absolute Gasteiger partial charge is 0.321 e. The Hall–Kier alpha value is -2.60. The molecule has 1 N–H and O–H groups in total. The molecule has 26 heavy (non-hydrogen) atoms. The predicted octanol–water partition coefficient (Wildman–Crippen LogP) is 4.20. The van der Waals surface area contributed by atoms with Crippen LogP contribution in [0, 0.1) is 0 Å². The molecule has 0 unspecified atom stereocenters. The fourth-order valence-corrected chi connectivity index (χ4v) is 2.79. The van der Waals surface area contributed by atoms with E-state index in [0.717, 1.165) is 11.3 Å². The third-order valence-corrected chi connectivity index (χ3v) is 4.11. The predicted molar refractivity (Wildman–Crippen MR) is 100 cm³/mol. The van der Waals surface area contributed by atoms with Crippen LogP contribution in [0.25, 0.3) is 0 Å².